The average Bonchev–Trinajstić information content (AvgIpc) is 3.12. The number of hydrogen-bond acceptors (Lipinski definition) is 5. The van der Waals surface area contributed by atoms with Crippen molar-refractivity contribution < 1.29 is 13.7 Å². The van der Waals surface area contributed by atoms with Crippen LogP contribution in [0, 0.1) is 12.3 Å². The second-order valence-corrected chi connectivity index (χ2v) is 8.11. The fourth-order valence-electron chi connectivity index (χ4n) is 3.70. The normalized spacial score (nSPS) is 18.5. The van der Waals surface area contributed by atoms with Gasteiger partial charge in [-0.15, -0.1) is 0 Å². The van der Waals surface area contributed by atoms with Crippen LogP contribution in [0.25, 0.3) is 0 Å². The topological polar surface area (TPSA) is 81.2 Å². The average molecular weight is 359 g/mol. The summed E-state index contributed by atoms with van der Waals surface area (Å²) in [6.45, 7) is 8.48. The van der Waals surface area contributed by atoms with E-state index in [4.69, 9.17) is 8.94 Å². The monoisotopic (exact) mass is 359 g/mol. The highest BCUT2D eigenvalue weighted by Crippen LogP contribution is 2.42. The van der Waals surface area contributed by atoms with E-state index in [1.807, 2.05) is 6.92 Å². The maximum Gasteiger partial charge on any atom is 0.226 e. The SMILES string of the molecule is CCCc1noc(CCCC(=O)NC2CC(C)(C)Cc3oc(C)cc32)n1. The maximum atomic E-state index is 12.4. The summed E-state index contributed by atoms with van der Waals surface area (Å²) in [6.07, 6.45) is 5.45. The third-order valence-corrected chi connectivity index (χ3v) is 4.85. The summed E-state index contributed by atoms with van der Waals surface area (Å²) in [5.41, 5.74) is 1.26. The maximum absolute atomic E-state index is 12.4. The van der Waals surface area contributed by atoms with Gasteiger partial charge in [0.25, 0.3) is 0 Å². The second kappa shape index (κ2) is 7.64. The van der Waals surface area contributed by atoms with Crippen molar-refractivity contribution in [3.63, 3.8) is 0 Å². The van der Waals surface area contributed by atoms with Crippen molar-refractivity contribution in [1.82, 2.24) is 15.5 Å². The van der Waals surface area contributed by atoms with Crippen molar-refractivity contribution in [1.29, 1.82) is 0 Å². The van der Waals surface area contributed by atoms with Gasteiger partial charge in [0.15, 0.2) is 5.82 Å². The summed E-state index contributed by atoms with van der Waals surface area (Å²) in [6, 6.07) is 2.08. The summed E-state index contributed by atoms with van der Waals surface area (Å²) < 4.78 is 11.1. The molecule has 1 aliphatic carbocycles. The van der Waals surface area contributed by atoms with E-state index >= 15 is 0 Å². The number of rotatable bonds is 7. The molecule has 2 heterocycles. The molecule has 26 heavy (non-hydrogen) atoms. The first-order valence-electron chi connectivity index (χ1n) is 9.56. The van der Waals surface area contributed by atoms with Crippen LogP contribution >= 0.6 is 0 Å². The molecule has 1 aliphatic rings. The van der Waals surface area contributed by atoms with E-state index in [9.17, 15) is 4.79 Å². The molecule has 2 aromatic heterocycles. The molecule has 1 N–H and O–H groups in total. The number of aryl methyl sites for hydroxylation is 3. The Kier molecular flexibility index (Phi) is 5.49. The van der Waals surface area contributed by atoms with Gasteiger partial charge < -0.3 is 14.3 Å². The van der Waals surface area contributed by atoms with Gasteiger partial charge in [-0.25, -0.2) is 0 Å². The van der Waals surface area contributed by atoms with Gasteiger partial charge in [0.2, 0.25) is 11.8 Å². The lowest BCUT2D eigenvalue weighted by Gasteiger charge is -2.34. The molecule has 0 bridgehead atoms. The first kappa shape index (κ1) is 18.7. The van der Waals surface area contributed by atoms with Gasteiger partial charge in [-0.2, -0.15) is 4.98 Å². The molecule has 0 fully saturated rings. The van der Waals surface area contributed by atoms with Gasteiger partial charge >= 0.3 is 0 Å². The molecule has 0 saturated heterocycles. The summed E-state index contributed by atoms with van der Waals surface area (Å²) in [4.78, 5) is 16.8. The van der Waals surface area contributed by atoms with Crippen LogP contribution in [0.5, 0.6) is 0 Å². The lowest BCUT2D eigenvalue weighted by atomic mass is 9.74. The Hall–Kier alpha value is -2.11. The minimum absolute atomic E-state index is 0.0262. The standard InChI is InChI=1S/C20H29N3O3/c1-5-7-17-22-19(26-23-17)9-6-8-18(24)21-15-11-20(3,4)12-16-14(15)10-13(2)25-16/h10,15H,5-9,11-12H2,1-4H3,(H,21,24). The Balaban J connectivity index is 1.52. The smallest absolute Gasteiger partial charge is 0.226 e. The van der Waals surface area contributed by atoms with Crippen LogP contribution in [0.1, 0.15) is 81.3 Å². The Morgan fingerprint density at radius 1 is 1.38 bits per heavy atom. The molecule has 6 nitrogen and oxygen atoms in total. The summed E-state index contributed by atoms with van der Waals surface area (Å²) in [5.74, 6) is 3.35. The molecule has 1 atom stereocenters. The number of carbonyl (C=O) groups is 1. The molecule has 0 aliphatic heterocycles. The van der Waals surface area contributed by atoms with Crippen molar-refractivity contribution in [2.75, 3.05) is 0 Å². The van der Waals surface area contributed by atoms with E-state index in [2.05, 4.69) is 42.3 Å². The van der Waals surface area contributed by atoms with Crippen LogP contribution in [-0.4, -0.2) is 16.0 Å². The zero-order valence-corrected chi connectivity index (χ0v) is 16.2. The van der Waals surface area contributed by atoms with Crippen molar-refractivity contribution in [2.24, 2.45) is 5.41 Å². The van der Waals surface area contributed by atoms with E-state index in [0.717, 1.165) is 48.6 Å². The molecule has 3 rings (SSSR count). The van der Waals surface area contributed by atoms with E-state index in [1.54, 1.807) is 0 Å². The lowest BCUT2D eigenvalue weighted by Crippen LogP contribution is -2.35. The molecule has 0 radical (unpaired) electrons. The molecule has 0 spiro atoms. The van der Waals surface area contributed by atoms with Crippen molar-refractivity contribution >= 4 is 5.91 Å². The predicted molar refractivity (Wildman–Crippen MR) is 97.7 cm³/mol. The van der Waals surface area contributed by atoms with Gasteiger partial charge in [-0.05, 0) is 37.7 Å². The highest BCUT2D eigenvalue weighted by molar-refractivity contribution is 5.76. The van der Waals surface area contributed by atoms with Gasteiger partial charge in [-0.1, -0.05) is 25.9 Å². The Bertz CT molecular complexity index is 760. The molecule has 142 valence electrons. The Morgan fingerprint density at radius 2 is 2.19 bits per heavy atom. The molecule has 0 aromatic carbocycles. The van der Waals surface area contributed by atoms with Crippen molar-refractivity contribution in [2.45, 2.75) is 78.7 Å². The molecule has 6 heteroatoms. The van der Waals surface area contributed by atoms with E-state index in [-0.39, 0.29) is 17.4 Å². The number of fused-ring (bicyclic) bond motifs is 1. The number of hydrogen-bond donors (Lipinski definition) is 1. The lowest BCUT2D eigenvalue weighted by molar-refractivity contribution is -0.122. The Morgan fingerprint density at radius 3 is 2.96 bits per heavy atom. The van der Waals surface area contributed by atoms with Crippen LogP contribution in [0.15, 0.2) is 15.0 Å². The molecular weight excluding hydrogens is 330 g/mol. The molecule has 1 amide bonds. The highest BCUT2D eigenvalue weighted by atomic mass is 16.5. The van der Waals surface area contributed by atoms with E-state index < -0.39 is 0 Å². The van der Waals surface area contributed by atoms with Crippen LogP contribution in [0.3, 0.4) is 0 Å². The highest BCUT2D eigenvalue weighted by Gasteiger charge is 2.35. The minimum Gasteiger partial charge on any atom is -0.466 e. The number of aromatic nitrogens is 2. The van der Waals surface area contributed by atoms with Gasteiger partial charge in [0.05, 0.1) is 6.04 Å². The van der Waals surface area contributed by atoms with Crippen LogP contribution < -0.4 is 5.32 Å². The third-order valence-electron chi connectivity index (χ3n) is 4.85. The quantitative estimate of drug-likeness (QED) is 0.806. The summed E-state index contributed by atoms with van der Waals surface area (Å²) >= 11 is 0. The van der Waals surface area contributed by atoms with Gasteiger partial charge in [0, 0.05) is 31.2 Å². The van der Waals surface area contributed by atoms with E-state index in [1.165, 1.54) is 0 Å². The Labute approximate surface area is 154 Å². The third kappa shape index (κ3) is 4.54. The largest absolute Gasteiger partial charge is 0.466 e. The molecule has 2 aromatic rings. The number of amides is 1. The van der Waals surface area contributed by atoms with Gasteiger partial charge in [0.1, 0.15) is 11.5 Å². The van der Waals surface area contributed by atoms with E-state index in [0.29, 0.717) is 25.2 Å². The molecule has 1 unspecified atom stereocenters. The number of nitrogens with zero attached hydrogens (tertiary/aromatic N) is 2. The molecular formula is C20H29N3O3. The number of nitrogens with one attached hydrogen (secondary N) is 1. The first-order valence-corrected chi connectivity index (χ1v) is 9.56. The molecule has 0 saturated carbocycles. The summed E-state index contributed by atoms with van der Waals surface area (Å²) in [5, 5.41) is 7.13. The minimum atomic E-state index is 0.0262. The predicted octanol–water partition coefficient (Wildman–Crippen LogP) is 4.08. The number of carbonyl (C=O) groups excluding carboxylic acids is 1. The van der Waals surface area contributed by atoms with Crippen LogP contribution in [-0.2, 0) is 24.1 Å². The fraction of sp³-hybridized carbons (Fsp3) is 0.650. The zero-order valence-electron chi connectivity index (χ0n) is 16.2. The first-order chi connectivity index (χ1) is 12.4. The van der Waals surface area contributed by atoms with Crippen molar-refractivity contribution in [3.05, 3.63) is 34.9 Å². The fourth-order valence-corrected chi connectivity index (χ4v) is 3.70. The zero-order chi connectivity index (χ0) is 18.7. The second-order valence-electron chi connectivity index (χ2n) is 8.11. The van der Waals surface area contributed by atoms with Crippen LogP contribution in [0.4, 0.5) is 0 Å². The number of furan rings is 1. The summed E-state index contributed by atoms with van der Waals surface area (Å²) in [7, 11) is 0. The van der Waals surface area contributed by atoms with Gasteiger partial charge in [-0.3, -0.25) is 4.79 Å². The van der Waals surface area contributed by atoms with Crippen molar-refractivity contribution in [3.8, 4) is 0 Å². The van der Waals surface area contributed by atoms with Crippen LogP contribution in [0.2, 0.25) is 0 Å².